The van der Waals surface area contributed by atoms with Crippen LogP contribution in [0.25, 0.3) is 0 Å². The Balaban J connectivity index is 3.31. The molecule has 0 radical (unpaired) electrons. The van der Waals surface area contributed by atoms with E-state index >= 15 is 0 Å². The molecule has 2 unspecified atom stereocenters. The molecule has 0 saturated carbocycles. The molecule has 0 amide bonds. The van der Waals surface area contributed by atoms with Crippen LogP contribution in [0.5, 0.6) is 0 Å². The second-order valence-corrected chi connectivity index (χ2v) is 3.30. The van der Waals surface area contributed by atoms with Crippen molar-refractivity contribution in [1.29, 1.82) is 0 Å². The third-order valence-electron chi connectivity index (χ3n) is 2.08. The van der Waals surface area contributed by atoms with Crippen molar-refractivity contribution in [2.24, 2.45) is 5.92 Å². The highest BCUT2D eigenvalue weighted by molar-refractivity contribution is 7.80. The molecule has 0 aromatic rings. The maximum Gasteiger partial charge on any atom is 0.00645 e. The van der Waals surface area contributed by atoms with Gasteiger partial charge in [0.2, 0.25) is 0 Å². The van der Waals surface area contributed by atoms with Crippen LogP contribution in [0.1, 0.15) is 27.2 Å². The minimum Gasteiger partial charge on any atom is -0.313 e. The molecule has 0 fully saturated rings. The second-order valence-electron chi connectivity index (χ2n) is 2.85. The lowest BCUT2D eigenvalue weighted by Crippen LogP contribution is -2.33. The van der Waals surface area contributed by atoms with E-state index in [0.29, 0.717) is 6.04 Å². The number of hydrogen-bond acceptors (Lipinski definition) is 2. The molecule has 0 aromatic heterocycles. The van der Waals surface area contributed by atoms with Gasteiger partial charge in [-0.05, 0) is 12.8 Å². The minimum atomic E-state index is 0.636. The van der Waals surface area contributed by atoms with E-state index in [9.17, 15) is 0 Å². The smallest absolute Gasteiger partial charge is 0.00645 e. The normalized spacial score (nSPS) is 16.8. The van der Waals surface area contributed by atoms with Gasteiger partial charge in [0.15, 0.2) is 0 Å². The third kappa shape index (κ3) is 4.18. The lowest BCUT2D eigenvalue weighted by Gasteiger charge is -2.18. The summed E-state index contributed by atoms with van der Waals surface area (Å²) in [5.41, 5.74) is 0. The van der Waals surface area contributed by atoms with Crippen LogP contribution in [0, 0.1) is 5.92 Å². The van der Waals surface area contributed by atoms with Crippen molar-refractivity contribution >= 4 is 12.6 Å². The molecular formula is C8H19NS. The van der Waals surface area contributed by atoms with Crippen molar-refractivity contribution in [3.63, 3.8) is 0 Å². The second kappa shape index (κ2) is 6.05. The predicted octanol–water partition coefficient (Wildman–Crippen LogP) is 1.94. The van der Waals surface area contributed by atoms with Gasteiger partial charge in [-0.3, -0.25) is 0 Å². The van der Waals surface area contributed by atoms with Gasteiger partial charge >= 0.3 is 0 Å². The van der Waals surface area contributed by atoms with Gasteiger partial charge in [-0.2, -0.15) is 12.6 Å². The van der Waals surface area contributed by atoms with E-state index in [2.05, 4.69) is 38.7 Å². The fourth-order valence-electron chi connectivity index (χ4n) is 0.847. The van der Waals surface area contributed by atoms with Crippen LogP contribution in [-0.4, -0.2) is 18.3 Å². The van der Waals surface area contributed by atoms with Crippen molar-refractivity contribution in [1.82, 2.24) is 5.32 Å². The van der Waals surface area contributed by atoms with E-state index < -0.39 is 0 Å². The molecule has 0 aliphatic rings. The van der Waals surface area contributed by atoms with E-state index in [1.807, 2.05) is 0 Å². The molecule has 0 aliphatic carbocycles. The molecule has 0 aromatic carbocycles. The number of rotatable bonds is 5. The average Bonchev–Trinajstić information content (AvgIpc) is 1.98. The quantitative estimate of drug-likeness (QED) is 0.587. The van der Waals surface area contributed by atoms with Crippen LogP contribution in [-0.2, 0) is 0 Å². The zero-order valence-corrected chi connectivity index (χ0v) is 8.12. The Morgan fingerprint density at radius 3 is 2.40 bits per heavy atom. The van der Waals surface area contributed by atoms with Crippen molar-refractivity contribution in [2.75, 3.05) is 12.3 Å². The first-order valence-electron chi connectivity index (χ1n) is 4.06. The lowest BCUT2D eigenvalue weighted by atomic mass is 10.0. The summed E-state index contributed by atoms with van der Waals surface area (Å²) in [6, 6.07) is 0.636. The Hall–Kier alpha value is 0.310. The molecule has 62 valence electrons. The first-order valence-corrected chi connectivity index (χ1v) is 4.69. The fraction of sp³-hybridized carbons (Fsp3) is 1.00. The van der Waals surface area contributed by atoms with Gasteiger partial charge in [0.25, 0.3) is 0 Å². The van der Waals surface area contributed by atoms with Crippen molar-refractivity contribution in [3.8, 4) is 0 Å². The molecular weight excluding hydrogens is 142 g/mol. The van der Waals surface area contributed by atoms with E-state index in [0.717, 1.165) is 18.2 Å². The highest BCUT2D eigenvalue weighted by atomic mass is 32.1. The number of hydrogen-bond donors (Lipinski definition) is 2. The molecule has 1 N–H and O–H groups in total. The maximum absolute atomic E-state index is 4.13. The minimum absolute atomic E-state index is 0.636. The van der Waals surface area contributed by atoms with E-state index in [-0.39, 0.29) is 0 Å². The molecule has 0 rings (SSSR count). The molecule has 2 heteroatoms. The highest BCUT2D eigenvalue weighted by Crippen LogP contribution is 2.05. The molecule has 1 nitrogen and oxygen atoms in total. The van der Waals surface area contributed by atoms with Gasteiger partial charge in [0.05, 0.1) is 0 Å². The van der Waals surface area contributed by atoms with E-state index in [1.54, 1.807) is 0 Å². The van der Waals surface area contributed by atoms with Gasteiger partial charge in [-0.15, -0.1) is 0 Å². The third-order valence-corrected chi connectivity index (χ3v) is 2.30. The summed E-state index contributed by atoms with van der Waals surface area (Å²) >= 11 is 4.13. The van der Waals surface area contributed by atoms with Crippen LogP contribution in [0.2, 0.25) is 0 Å². The maximum atomic E-state index is 4.13. The Bertz CT molecular complexity index is 75.7. The number of nitrogens with one attached hydrogen (secondary N) is 1. The largest absolute Gasteiger partial charge is 0.313 e. The predicted molar refractivity (Wildman–Crippen MR) is 50.8 cm³/mol. The molecule has 2 atom stereocenters. The van der Waals surface area contributed by atoms with E-state index in [1.165, 1.54) is 6.42 Å². The zero-order valence-electron chi connectivity index (χ0n) is 7.22. The standard InChI is InChI=1S/C8H19NS/c1-4-7(2)8(3)9-5-6-10/h7-10H,4-6H2,1-3H3. The Kier molecular flexibility index (Phi) is 6.24. The molecule has 0 bridgehead atoms. The fourth-order valence-corrected chi connectivity index (χ4v) is 0.976. The Morgan fingerprint density at radius 2 is 2.00 bits per heavy atom. The molecule has 0 heterocycles. The van der Waals surface area contributed by atoms with Crippen molar-refractivity contribution in [3.05, 3.63) is 0 Å². The zero-order chi connectivity index (χ0) is 7.98. The summed E-state index contributed by atoms with van der Waals surface area (Å²) in [7, 11) is 0. The topological polar surface area (TPSA) is 12.0 Å². The van der Waals surface area contributed by atoms with Crippen LogP contribution < -0.4 is 5.32 Å². The summed E-state index contributed by atoms with van der Waals surface area (Å²) in [4.78, 5) is 0. The first-order chi connectivity index (χ1) is 4.72. The Morgan fingerprint density at radius 1 is 1.40 bits per heavy atom. The lowest BCUT2D eigenvalue weighted by molar-refractivity contribution is 0.399. The van der Waals surface area contributed by atoms with Crippen LogP contribution in [0.4, 0.5) is 0 Å². The van der Waals surface area contributed by atoms with Crippen LogP contribution >= 0.6 is 12.6 Å². The summed E-state index contributed by atoms with van der Waals surface area (Å²) in [5, 5.41) is 3.41. The summed E-state index contributed by atoms with van der Waals surface area (Å²) in [5.74, 6) is 1.71. The van der Waals surface area contributed by atoms with E-state index in [4.69, 9.17) is 0 Å². The monoisotopic (exact) mass is 161 g/mol. The Labute approximate surface area is 70.0 Å². The molecule has 10 heavy (non-hydrogen) atoms. The molecule has 0 aliphatic heterocycles. The SMILES string of the molecule is CCC(C)C(C)NCCS. The van der Waals surface area contributed by atoms with Gasteiger partial charge in [0.1, 0.15) is 0 Å². The summed E-state index contributed by atoms with van der Waals surface area (Å²) in [6.45, 7) is 7.76. The van der Waals surface area contributed by atoms with Crippen molar-refractivity contribution in [2.45, 2.75) is 33.2 Å². The average molecular weight is 161 g/mol. The first kappa shape index (κ1) is 10.3. The summed E-state index contributed by atoms with van der Waals surface area (Å²) < 4.78 is 0. The number of thiol groups is 1. The highest BCUT2D eigenvalue weighted by Gasteiger charge is 2.07. The van der Waals surface area contributed by atoms with Gasteiger partial charge in [-0.25, -0.2) is 0 Å². The van der Waals surface area contributed by atoms with Crippen LogP contribution in [0.3, 0.4) is 0 Å². The van der Waals surface area contributed by atoms with Crippen LogP contribution in [0.15, 0.2) is 0 Å². The van der Waals surface area contributed by atoms with Crippen molar-refractivity contribution < 1.29 is 0 Å². The molecule has 0 spiro atoms. The summed E-state index contributed by atoms with van der Waals surface area (Å²) in [6.07, 6.45) is 1.25. The van der Waals surface area contributed by atoms with Gasteiger partial charge in [0, 0.05) is 18.3 Å². The molecule has 0 saturated heterocycles. The van der Waals surface area contributed by atoms with Gasteiger partial charge in [-0.1, -0.05) is 20.3 Å². The van der Waals surface area contributed by atoms with Gasteiger partial charge < -0.3 is 5.32 Å².